The lowest BCUT2D eigenvalue weighted by Gasteiger charge is -2.26. The molecule has 118 valence electrons. The van der Waals surface area contributed by atoms with Crippen molar-refractivity contribution in [2.75, 3.05) is 39.3 Å². The molecule has 0 aromatic rings. The Labute approximate surface area is 124 Å². The average molecular weight is 283 g/mol. The summed E-state index contributed by atoms with van der Waals surface area (Å²) >= 11 is 0. The number of amides is 1. The van der Waals surface area contributed by atoms with Crippen LogP contribution in [0.5, 0.6) is 0 Å². The summed E-state index contributed by atoms with van der Waals surface area (Å²) in [5, 5.41) is 0. The van der Waals surface area contributed by atoms with Gasteiger partial charge in [-0.05, 0) is 45.3 Å². The lowest BCUT2D eigenvalue weighted by atomic mass is 9.97. The van der Waals surface area contributed by atoms with Gasteiger partial charge in [0.05, 0.1) is 0 Å². The molecule has 4 heteroatoms. The van der Waals surface area contributed by atoms with Crippen molar-refractivity contribution >= 4 is 5.91 Å². The van der Waals surface area contributed by atoms with Crippen molar-refractivity contribution in [3.63, 3.8) is 0 Å². The fourth-order valence-corrected chi connectivity index (χ4v) is 2.94. The van der Waals surface area contributed by atoms with Gasteiger partial charge in [0.15, 0.2) is 0 Å². The molecule has 4 nitrogen and oxygen atoms in total. The first-order valence-corrected chi connectivity index (χ1v) is 8.44. The van der Waals surface area contributed by atoms with E-state index < -0.39 is 0 Å². The van der Waals surface area contributed by atoms with Gasteiger partial charge in [-0.1, -0.05) is 26.7 Å². The van der Waals surface area contributed by atoms with Crippen molar-refractivity contribution in [1.29, 1.82) is 0 Å². The molecule has 0 saturated carbocycles. The summed E-state index contributed by atoms with van der Waals surface area (Å²) in [6.45, 7) is 10.1. The highest BCUT2D eigenvalue weighted by Crippen LogP contribution is 2.17. The minimum atomic E-state index is 0.241. The summed E-state index contributed by atoms with van der Waals surface area (Å²) in [5.74, 6) is 0.632. The predicted molar refractivity (Wildman–Crippen MR) is 84.6 cm³/mol. The van der Waals surface area contributed by atoms with E-state index in [2.05, 4.69) is 23.6 Å². The number of hydrogen-bond donors (Lipinski definition) is 1. The molecule has 1 heterocycles. The number of carbonyl (C=O) groups is 1. The quantitative estimate of drug-likeness (QED) is 0.742. The zero-order chi connectivity index (χ0) is 14.8. The summed E-state index contributed by atoms with van der Waals surface area (Å²) in [4.78, 5) is 17.2. The van der Waals surface area contributed by atoms with Crippen molar-refractivity contribution in [1.82, 2.24) is 9.80 Å². The van der Waals surface area contributed by atoms with Crippen LogP contribution >= 0.6 is 0 Å². The Balaban J connectivity index is 2.43. The zero-order valence-corrected chi connectivity index (χ0v) is 13.4. The minimum absolute atomic E-state index is 0.241. The summed E-state index contributed by atoms with van der Waals surface area (Å²) in [6, 6.07) is 0. The first kappa shape index (κ1) is 17.4. The van der Waals surface area contributed by atoms with Crippen LogP contribution in [-0.2, 0) is 4.79 Å². The van der Waals surface area contributed by atoms with Crippen LogP contribution in [0.2, 0.25) is 0 Å². The third-order valence-electron chi connectivity index (χ3n) is 4.33. The van der Waals surface area contributed by atoms with Crippen LogP contribution in [0.3, 0.4) is 0 Å². The second kappa shape index (κ2) is 10.2. The second-order valence-electron chi connectivity index (χ2n) is 5.91. The Kier molecular flexibility index (Phi) is 8.86. The molecule has 1 aliphatic heterocycles. The lowest BCUT2D eigenvalue weighted by molar-refractivity contribution is -0.135. The topological polar surface area (TPSA) is 49.6 Å². The third kappa shape index (κ3) is 5.80. The van der Waals surface area contributed by atoms with E-state index in [4.69, 9.17) is 5.73 Å². The summed E-state index contributed by atoms with van der Waals surface area (Å²) in [5.41, 5.74) is 5.57. The van der Waals surface area contributed by atoms with E-state index in [-0.39, 0.29) is 5.92 Å². The standard InChI is InChI=1S/C16H33N3O/c1-3-5-8-15(4-2)16(20)19-12-7-11-18(13-14-19)10-6-9-17/h15H,3-14,17H2,1-2H3. The SMILES string of the molecule is CCCCC(CC)C(=O)N1CCCN(CCCN)CC1. The average Bonchev–Trinajstić information content (AvgIpc) is 2.71. The molecule has 1 rings (SSSR count). The third-order valence-corrected chi connectivity index (χ3v) is 4.33. The fourth-order valence-electron chi connectivity index (χ4n) is 2.94. The Morgan fingerprint density at radius 1 is 1.15 bits per heavy atom. The van der Waals surface area contributed by atoms with Gasteiger partial charge < -0.3 is 15.5 Å². The van der Waals surface area contributed by atoms with E-state index >= 15 is 0 Å². The Hall–Kier alpha value is -0.610. The van der Waals surface area contributed by atoms with Crippen LogP contribution in [0.15, 0.2) is 0 Å². The number of unbranched alkanes of at least 4 members (excludes halogenated alkanes) is 1. The molecule has 1 amide bonds. The highest BCUT2D eigenvalue weighted by molar-refractivity contribution is 5.78. The van der Waals surface area contributed by atoms with Crippen LogP contribution in [0, 0.1) is 5.92 Å². The molecule has 1 aliphatic rings. The van der Waals surface area contributed by atoms with E-state index in [1.54, 1.807) is 0 Å². The van der Waals surface area contributed by atoms with Gasteiger partial charge in [-0.15, -0.1) is 0 Å². The van der Waals surface area contributed by atoms with E-state index in [1.165, 1.54) is 12.8 Å². The number of nitrogens with two attached hydrogens (primary N) is 1. The van der Waals surface area contributed by atoms with Gasteiger partial charge in [-0.25, -0.2) is 0 Å². The molecule has 1 fully saturated rings. The van der Waals surface area contributed by atoms with Crippen molar-refractivity contribution < 1.29 is 4.79 Å². The number of carbonyl (C=O) groups excluding carboxylic acids is 1. The smallest absolute Gasteiger partial charge is 0.225 e. The maximum atomic E-state index is 12.6. The van der Waals surface area contributed by atoms with Crippen molar-refractivity contribution in [3.05, 3.63) is 0 Å². The van der Waals surface area contributed by atoms with Crippen molar-refractivity contribution in [2.45, 2.75) is 52.4 Å². The van der Waals surface area contributed by atoms with E-state index in [9.17, 15) is 4.79 Å². The van der Waals surface area contributed by atoms with Crippen molar-refractivity contribution in [3.8, 4) is 0 Å². The first-order chi connectivity index (χ1) is 9.72. The van der Waals surface area contributed by atoms with Crippen LogP contribution in [-0.4, -0.2) is 55.0 Å². The van der Waals surface area contributed by atoms with Crippen molar-refractivity contribution in [2.24, 2.45) is 11.7 Å². The van der Waals surface area contributed by atoms with Gasteiger partial charge >= 0.3 is 0 Å². The Bertz CT molecular complexity index is 270. The number of rotatable bonds is 8. The number of nitrogens with zero attached hydrogens (tertiary/aromatic N) is 2. The minimum Gasteiger partial charge on any atom is -0.341 e. The Morgan fingerprint density at radius 3 is 2.60 bits per heavy atom. The number of hydrogen-bond acceptors (Lipinski definition) is 3. The van der Waals surface area contributed by atoms with Crippen LogP contribution in [0.4, 0.5) is 0 Å². The van der Waals surface area contributed by atoms with Gasteiger partial charge in [-0.3, -0.25) is 4.79 Å². The van der Waals surface area contributed by atoms with Crippen LogP contribution < -0.4 is 5.73 Å². The molecular weight excluding hydrogens is 250 g/mol. The van der Waals surface area contributed by atoms with E-state index in [1.807, 2.05) is 0 Å². The summed E-state index contributed by atoms with van der Waals surface area (Å²) in [7, 11) is 0. The molecule has 0 aliphatic carbocycles. The van der Waals surface area contributed by atoms with Gasteiger partial charge in [0.25, 0.3) is 0 Å². The van der Waals surface area contributed by atoms with Gasteiger partial charge in [0.1, 0.15) is 0 Å². The largest absolute Gasteiger partial charge is 0.341 e. The molecule has 0 bridgehead atoms. The van der Waals surface area contributed by atoms with E-state index in [0.29, 0.717) is 5.91 Å². The van der Waals surface area contributed by atoms with Crippen LogP contribution in [0.25, 0.3) is 0 Å². The molecule has 0 aromatic carbocycles. The maximum Gasteiger partial charge on any atom is 0.225 e. The molecule has 2 N–H and O–H groups in total. The van der Waals surface area contributed by atoms with Gasteiger partial charge in [-0.2, -0.15) is 0 Å². The highest BCUT2D eigenvalue weighted by atomic mass is 16.2. The normalized spacial score (nSPS) is 18.9. The molecule has 20 heavy (non-hydrogen) atoms. The summed E-state index contributed by atoms with van der Waals surface area (Å²) < 4.78 is 0. The predicted octanol–water partition coefficient (Wildman–Crippen LogP) is 2.09. The maximum absolute atomic E-state index is 12.6. The van der Waals surface area contributed by atoms with Crippen LogP contribution in [0.1, 0.15) is 52.4 Å². The van der Waals surface area contributed by atoms with E-state index in [0.717, 1.165) is 65.0 Å². The first-order valence-electron chi connectivity index (χ1n) is 8.44. The molecule has 1 atom stereocenters. The van der Waals surface area contributed by atoms with Gasteiger partial charge in [0, 0.05) is 25.6 Å². The zero-order valence-electron chi connectivity index (χ0n) is 13.4. The molecule has 0 spiro atoms. The monoisotopic (exact) mass is 283 g/mol. The second-order valence-corrected chi connectivity index (χ2v) is 5.91. The molecule has 1 unspecified atom stereocenters. The fraction of sp³-hybridized carbons (Fsp3) is 0.938. The highest BCUT2D eigenvalue weighted by Gasteiger charge is 2.24. The molecule has 1 saturated heterocycles. The molecule has 0 radical (unpaired) electrons. The molecular formula is C16H33N3O. The molecule has 0 aromatic heterocycles. The van der Waals surface area contributed by atoms with Gasteiger partial charge in [0.2, 0.25) is 5.91 Å². The summed E-state index contributed by atoms with van der Waals surface area (Å²) in [6.07, 6.45) is 6.53. The lowest BCUT2D eigenvalue weighted by Crippen LogP contribution is -2.39. The Morgan fingerprint density at radius 2 is 1.95 bits per heavy atom.